The summed E-state index contributed by atoms with van der Waals surface area (Å²) in [7, 11) is 0. The Morgan fingerprint density at radius 3 is 2.38 bits per heavy atom. The Labute approximate surface area is 234 Å². The summed E-state index contributed by atoms with van der Waals surface area (Å²) in [4.78, 5) is 30.4. The Bertz CT molecular complexity index is 1750. The maximum Gasteiger partial charge on any atom is 0.282 e. The van der Waals surface area contributed by atoms with Gasteiger partial charge in [0.05, 0.1) is 27.2 Å². The number of amides is 1. The van der Waals surface area contributed by atoms with Crippen molar-refractivity contribution >= 4 is 51.9 Å². The van der Waals surface area contributed by atoms with E-state index in [0.29, 0.717) is 28.0 Å². The number of carbonyl (C=O) groups excluding carboxylic acids is 1. The molecule has 0 atom stereocenters. The van der Waals surface area contributed by atoms with Crippen molar-refractivity contribution in [2.75, 3.05) is 11.9 Å². The summed E-state index contributed by atoms with van der Waals surface area (Å²) in [6.07, 6.45) is 1.47. The number of hydrogen-bond donors (Lipinski definition) is 1. The fourth-order valence-corrected chi connectivity index (χ4v) is 4.57. The van der Waals surface area contributed by atoms with Crippen molar-refractivity contribution in [3.05, 3.63) is 123 Å². The number of para-hydroxylation sites is 2. The highest BCUT2D eigenvalue weighted by atomic mass is 35.5. The summed E-state index contributed by atoms with van der Waals surface area (Å²) < 4.78 is 6.87. The van der Waals surface area contributed by atoms with Gasteiger partial charge < -0.3 is 10.1 Å². The number of fused-ring (bicyclic) bond motifs is 1. The van der Waals surface area contributed by atoms with Gasteiger partial charge in [0, 0.05) is 11.3 Å². The predicted molar refractivity (Wildman–Crippen MR) is 156 cm³/mol. The number of benzene rings is 4. The second-order valence-corrected chi connectivity index (χ2v) is 9.46. The fourth-order valence-electron chi connectivity index (χ4n) is 3.96. The largest absolute Gasteiger partial charge is 0.481 e. The number of nitrogens with zero attached hydrogens (tertiary/aromatic N) is 3. The van der Waals surface area contributed by atoms with Crippen LogP contribution in [0.1, 0.15) is 11.1 Å². The third-order valence-electron chi connectivity index (χ3n) is 5.90. The van der Waals surface area contributed by atoms with Gasteiger partial charge in [0.1, 0.15) is 0 Å². The Balaban J connectivity index is 1.40. The van der Waals surface area contributed by atoms with Gasteiger partial charge in [0.2, 0.25) is 0 Å². The number of anilines is 1. The van der Waals surface area contributed by atoms with Crippen LogP contribution in [0.5, 0.6) is 5.75 Å². The van der Waals surface area contributed by atoms with Crippen LogP contribution in [0.15, 0.2) is 101 Å². The molecule has 5 aromatic rings. The lowest BCUT2D eigenvalue weighted by Crippen LogP contribution is -2.21. The predicted octanol–water partition coefficient (Wildman–Crippen LogP) is 6.58. The maximum absolute atomic E-state index is 13.3. The average Bonchev–Trinajstić information content (AvgIpc) is 2.94. The van der Waals surface area contributed by atoms with Crippen LogP contribution in [0.25, 0.3) is 22.3 Å². The molecule has 7 nitrogen and oxygen atoms in total. The molecular weight excluding hydrogens is 535 g/mol. The van der Waals surface area contributed by atoms with Crippen molar-refractivity contribution in [2.45, 2.75) is 6.92 Å². The summed E-state index contributed by atoms with van der Waals surface area (Å²) >= 11 is 12.9. The van der Waals surface area contributed by atoms with Crippen molar-refractivity contribution in [3.63, 3.8) is 0 Å². The van der Waals surface area contributed by atoms with Gasteiger partial charge in [0.15, 0.2) is 18.2 Å². The standard InChI is InChI=1S/C30H22Cl2N4O3/c1-19-9-5-7-13-25(19)34-27(37)18-39-28-23(31)15-20(16-24(28)32)17-33-36-29(21-10-3-2-4-11-21)35-26-14-8-6-12-22(26)30(36)38/h2-17H,18H2,1H3,(H,34,37). The van der Waals surface area contributed by atoms with Crippen LogP contribution in [0.4, 0.5) is 5.69 Å². The molecule has 0 fully saturated rings. The van der Waals surface area contributed by atoms with Gasteiger partial charge in [-0.15, -0.1) is 0 Å². The molecule has 39 heavy (non-hydrogen) atoms. The lowest BCUT2D eigenvalue weighted by Gasteiger charge is -2.12. The van der Waals surface area contributed by atoms with Gasteiger partial charge in [-0.3, -0.25) is 9.59 Å². The van der Waals surface area contributed by atoms with Gasteiger partial charge in [0.25, 0.3) is 11.5 Å². The van der Waals surface area contributed by atoms with Crippen molar-refractivity contribution < 1.29 is 9.53 Å². The number of rotatable bonds is 7. The molecule has 1 aromatic heterocycles. The molecule has 0 saturated carbocycles. The van der Waals surface area contributed by atoms with E-state index < -0.39 is 0 Å². The maximum atomic E-state index is 13.3. The zero-order valence-corrected chi connectivity index (χ0v) is 22.3. The van der Waals surface area contributed by atoms with E-state index in [1.54, 1.807) is 36.4 Å². The second kappa shape index (κ2) is 11.5. The van der Waals surface area contributed by atoms with Gasteiger partial charge in [-0.2, -0.15) is 9.78 Å². The number of aryl methyl sites for hydroxylation is 1. The number of hydrogen-bond acceptors (Lipinski definition) is 5. The number of halogens is 2. The molecule has 0 saturated heterocycles. The molecule has 0 aliphatic heterocycles. The average molecular weight is 557 g/mol. The molecule has 0 radical (unpaired) electrons. The van der Waals surface area contributed by atoms with Gasteiger partial charge in [-0.05, 0) is 48.4 Å². The SMILES string of the molecule is Cc1ccccc1NC(=O)COc1c(Cl)cc(C=Nn2c(-c3ccccc3)nc3ccccc3c2=O)cc1Cl. The van der Waals surface area contributed by atoms with Crippen LogP contribution in [0.3, 0.4) is 0 Å². The molecule has 0 aliphatic rings. The number of nitrogens with one attached hydrogen (secondary N) is 1. The molecule has 1 heterocycles. The first-order chi connectivity index (χ1) is 18.9. The lowest BCUT2D eigenvalue weighted by atomic mass is 10.2. The Morgan fingerprint density at radius 1 is 0.974 bits per heavy atom. The number of carbonyl (C=O) groups is 1. The number of aromatic nitrogens is 2. The van der Waals surface area contributed by atoms with Crippen LogP contribution >= 0.6 is 23.2 Å². The third kappa shape index (κ3) is 5.85. The molecule has 0 bridgehead atoms. The zero-order valence-electron chi connectivity index (χ0n) is 20.8. The van der Waals surface area contributed by atoms with E-state index in [9.17, 15) is 9.59 Å². The third-order valence-corrected chi connectivity index (χ3v) is 6.46. The van der Waals surface area contributed by atoms with Crippen molar-refractivity contribution in [1.29, 1.82) is 0 Å². The number of ether oxygens (including phenoxy) is 1. The zero-order chi connectivity index (χ0) is 27.4. The minimum absolute atomic E-state index is 0.171. The topological polar surface area (TPSA) is 85.6 Å². The summed E-state index contributed by atoms with van der Waals surface area (Å²) in [6, 6.07) is 27.1. The van der Waals surface area contributed by atoms with E-state index in [4.69, 9.17) is 27.9 Å². The first-order valence-electron chi connectivity index (χ1n) is 12.0. The molecule has 194 valence electrons. The lowest BCUT2D eigenvalue weighted by molar-refractivity contribution is -0.118. The monoisotopic (exact) mass is 556 g/mol. The van der Waals surface area contributed by atoms with E-state index in [1.807, 2.05) is 61.5 Å². The minimum Gasteiger partial charge on any atom is -0.481 e. The van der Waals surface area contributed by atoms with Gasteiger partial charge in [-0.25, -0.2) is 4.98 Å². The van der Waals surface area contributed by atoms with Crippen molar-refractivity contribution in [1.82, 2.24) is 9.66 Å². The van der Waals surface area contributed by atoms with Gasteiger partial charge >= 0.3 is 0 Å². The van der Waals surface area contributed by atoms with Crippen LogP contribution in [0.2, 0.25) is 10.0 Å². The van der Waals surface area contributed by atoms with E-state index >= 15 is 0 Å². The Hall–Kier alpha value is -4.46. The summed E-state index contributed by atoms with van der Waals surface area (Å²) in [5.41, 5.74) is 3.16. The van der Waals surface area contributed by atoms with E-state index in [0.717, 1.165) is 11.1 Å². The molecule has 5 rings (SSSR count). The highest BCUT2D eigenvalue weighted by Crippen LogP contribution is 2.34. The summed E-state index contributed by atoms with van der Waals surface area (Å²) in [5, 5.41) is 8.07. The van der Waals surface area contributed by atoms with Crippen molar-refractivity contribution in [3.8, 4) is 17.1 Å². The van der Waals surface area contributed by atoms with E-state index in [-0.39, 0.29) is 33.9 Å². The molecule has 1 amide bonds. The molecular formula is C30H22Cl2N4O3. The fraction of sp³-hybridized carbons (Fsp3) is 0.0667. The first-order valence-corrected chi connectivity index (χ1v) is 12.7. The molecule has 1 N–H and O–H groups in total. The van der Waals surface area contributed by atoms with Gasteiger partial charge in [-0.1, -0.05) is 83.9 Å². The van der Waals surface area contributed by atoms with Crippen LogP contribution in [-0.4, -0.2) is 28.4 Å². The highest BCUT2D eigenvalue weighted by molar-refractivity contribution is 6.37. The molecule has 0 unspecified atom stereocenters. The molecule has 9 heteroatoms. The summed E-state index contributed by atoms with van der Waals surface area (Å²) in [6.45, 7) is 1.62. The minimum atomic E-state index is -0.348. The van der Waals surface area contributed by atoms with Crippen LogP contribution in [-0.2, 0) is 4.79 Å². The molecule has 0 spiro atoms. The second-order valence-electron chi connectivity index (χ2n) is 8.65. The smallest absolute Gasteiger partial charge is 0.282 e. The Kier molecular flexibility index (Phi) is 7.72. The normalized spacial score (nSPS) is 11.2. The van der Waals surface area contributed by atoms with Crippen LogP contribution in [0, 0.1) is 6.92 Å². The van der Waals surface area contributed by atoms with E-state index in [1.165, 1.54) is 10.9 Å². The van der Waals surface area contributed by atoms with Crippen LogP contribution < -0.4 is 15.6 Å². The Morgan fingerprint density at radius 2 is 1.64 bits per heavy atom. The summed E-state index contributed by atoms with van der Waals surface area (Å²) in [5.74, 6) is 0.219. The quantitative estimate of drug-likeness (QED) is 0.229. The highest BCUT2D eigenvalue weighted by Gasteiger charge is 2.14. The molecule has 0 aliphatic carbocycles. The van der Waals surface area contributed by atoms with E-state index in [2.05, 4.69) is 15.4 Å². The molecule has 4 aromatic carbocycles. The first kappa shape index (κ1) is 26.2. The van der Waals surface area contributed by atoms with Crippen molar-refractivity contribution in [2.24, 2.45) is 5.10 Å².